The molecular weight excluding hydrogens is 565 g/mol. The van der Waals surface area contributed by atoms with E-state index in [2.05, 4.69) is 44.2 Å². The quantitative estimate of drug-likeness (QED) is 0.241. The predicted molar refractivity (Wildman–Crippen MR) is 159 cm³/mol. The van der Waals surface area contributed by atoms with Gasteiger partial charge in [0, 0.05) is 37.6 Å². The van der Waals surface area contributed by atoms with E-state index in [1.165, 1.54) is 0 Å². The molecule has 10 nitrogen and oxygen atoms in total. The van der Waals surface area contributed by atoms with Crippen LogP contribution in [0.4, 0.5) is 5.95 Å². The fourth-order valence-corrected chi connectivity index (χ4v) is 6.51. The summed E-state index contributed by atoms with van der Waals surface area (Å²) in [6, 6.07) is 1.82. The lowest BCUT2D eigenvalue weighted by atomic mass is 9.82. The topological polar surface area (TPSA) is 115 Å². The predicted octanol–water partition coefficient (Wildman–Crippen LogP) is 6.14. The maximum atomic E-state index is 11.8. The Bertz CT molecular complexity index is 1600. The van der Waals surface area contributed by atoms with Crippen LogP contribution in [0.2, 0.25) is 10.0 Å². The molecule has 1 saturated carbocycles. The second-order valence-electron chi connectivity index (χ2n) is 10.9. The van der Waals surface area contributed by atoms with Gasteiger partial charge in [-0.2, -0.15) is 0 Å². The Hall–Kier alpha value is -3.21. The molecule has 1 aliphatic carbocycles. The number of anilines is 1. The van der Waals surface area contributed by atoms with Crippen molar-refractivity contribution >= 4 is 40.2 Å². The summed E-state index contributed by atoms with van der Waals surface area (Å²) < 4.78 is 13.1. The molecular formula is C29H33Cl2N7O3. The van der Waals surface area contributed by atoms with E-state index in [0.29, 0.717) is 40.2 Å². The van der Waals surface area contributed by atoms with Gasteiger partial charge in [-0.15, -0.1) is 6.58 Å². The van der Waals surface area contributed by atoms with E-state index in [1.807, 2.05) is 6.07 Å². The Morgan fingerprint density at radius 2 is 2.00 bits per heavy atom. The summed E-state index contributed by atoms with van der Waals surface area (Å²) in [5, 5.41) is 4.63. The highest BCUT2D eigenvalue weighted by Gasteiger charge is 2.31. The van der Waals surface area contributed by atoms with Gasteiger partial charge in [0.1, 0.15) is 11.2 Å². The van der Waals surface area contributed by atoms with E-state index in [-0.39, 0.29) is 22.6 Å². The summed E-state index contributed by atoms with van der Waals surface area (Å²) in [6.07, 6.45) is 12.0. The number of H-pyrrole nitrogens is 1. The van der Waals surface area contributed by atoms with Gasteiger partial charge in [0.2, 0.25) is 11.8 Å². The Kier molecular flexibility index (Phi) is 8.14. The molecule has 2 fully saturated rings. The number of hydrogen-bond donors (Lipinski definition) is 1. The lowest BCUT2D eigenvalue weighted by Gasteiger charge is -2.35. The van der Waals surface area contributed by atoms with Gasteiger partial charge in [-0.3, -0.25) is 14.5 Å². The van der Waals surface area contributed by atoms with E-state index >= 15 is 0 Å². The van der Waals surface area contributed by atoms with Gasteiger partial charge in [0.05, 0.1) is 34.0 Å². The first-order valence-electron chi connectivity index (χ1n) is 14.2. The van der Waals surface area contributed by atoms with Crippen molar-refractivity contribution in [1.82, 2.24) is 29.7 Å². The van der Waals surface area contributed by atoms with Gasteiger partial charge in [0.15, 0.2) is 0 Å². The number of nitrogens with one attached hydrogen (secondary N) is 1. The highest BCUT2D eigenvalue weighted by Crippen LogP contribution is 2.41. The fourth-order valence-electron chi connectivity index (χ4n) is 6.07. The highest BCUT2D eigenvalue weighted by atomic mass is 35.5. The van der Waals surface area contributed by atoms with Crippen molar-refractivity contribution in [1.29, 1.82) is 0 Å². The van der Waals surface area contributed by atoms with Crippen molar-refractivity contribution in [3.05, 3.63) is 51.7 Å². The van der Waals surface area contributed by atoms with Crippen LogP contribution < -0.4 is 10.7 Å². The Morgan fingerprint density at radius 3 is 2.71 bits per heavy atom. The van der Waals surface area contributed by atoms with Crippen LogP contribution in [0.25, 0.3) is 33.8 Å². The molecule has 6 rings (SSSR count). The minimum Gasteiger partial charge on any atom is -0.375 e. The second-order valence-corrected chi connectivity index (χ2v) is 11.7. The summed E-state index contributed by atoms with van der Waals surface area (Å²) in [7, 11) is 0. The molecule has 4 aromatic rings. The third-order valence-corrected chi connectivity index (χ3v) is 8.72. The zero-order chi connectivity index (χ0) is 28.5. The van der Waals surface area contributed by atoms with Gasteiger partial charge >= 0.3 is 5.76 Å². The molecule has 1 N–H and O–H groups in total. The Morgan fingerprint density at radius 1 is 1.17 bits per heavy atom. The molecule has 1 unspecified atom stereocenters. The lowest BCUT2D eigenvalue weighted by Crippen LogP contribution is -2.43. The summed E-state index contributed by atoms with van der Waals surface area (Å²) in [6.45, 7) is 9.03. The van der Waals surface area contributed by atoms with Crippen molar-refractivity contribution in [3.63, 3.8) is 0 Å². The molecule has 0 spiro atoms. The van der Waals surface area contributed by atoms with E-state index in [4.69, 9.17) is 42.4 Å². The zero-order valence-electron chi connectivity index (χ0n) is 23.0. The van der Waals surface area contributed by atoms with Crippen LogP contribution >= 0.6 is 23.2 Å². The van der Waals surface area contributed by atoms with Gasteiger partial charge < -0.3 is 14.2 Å². The molecule has 4 aromatic heterocycles. The van der Waals surface area contributed by atoms with E-state index in [1.54, 1.807) is 12.4 Å². The van der Waals surface area contributed by atoms with E-state index in [9.17, 15) is 4.79 Å². The first kappa shape index (κ1) is 27.9. The number of aromatic nitrogens is 6. The van der Waals surface area contributed by atoms with Crippen LogP contribution in [-0.2, 0) is 11.3 Å². The summed E-state index contributed by atoms with van der Waals surface area (Å²) in [5.74, 6) is 1.30. The number of halogens is 2. The third kappa shape index (κ3) is 5.65. The molecule has 0 radical (unpaired) electrons. The smallest absolute Gasteiger partial charge is 0.375 e. The number of rotatable bonds is 8. The van der Waals surface area contributed by atoms with Crippen LogP contribution in [0.5, 0.6) is 0 Å². The zero-order valence-corrected chi connectivity index (χ0v) is 24.5. The van der Waals surface area contributed by atoms with Crippen LogP contribution in [0.1, 0.15) is 45.4 Å². The normalized spacial score (nSPS) is 21.4. The molecule has 216 valence electrons. The number of imidazole rings is 1. The van der Waals surface area contributed by atoms with Crippen molar-refractivity contribution in [2.75, 3.05) is 24.6 Å². The number of hydrogen-bond acceptors (Lipinski definition) is 8. The van der Waals surface area contributed by atoms with Crippen molar-refractivity contribution in [3.8, 4) is 22.8 Å². The summed E-state index contributed by atoms with van der Waals surface area (Å²) in [5.41, 5.74) is 2.96. The molecule has 0 amide bonds. The van der Waals surface area contributed by atoms with Gasteiger partial charge in [-0.25, -0.2) is 14.8 Å². The molecule has 41 heavy (non-hydrogen) atoms. The summed E-state index contributed by atoms with van der Waals surface area (Å²) >= 11 is 13.4. The molecule has 1 atom stereocenters. The van der Waals surface area contributed by atoms with Crippen molar-refractivity contribution in [2.45, 2.75) is 58.1 Å². The minimum atomic E-state index is -0.694. The third-order valence-electron chi connectivity index (χ3n) is 8.15. The molecule has 5 heterocycles. The number of allylic oxidation sites excluding steroid dienone is 1. The van der Waals surface area contributed by atoms with Crippen LogP contribution in [0.15, 0.2) is 40.4 Å². The average molecular weight is 599 g/mol. The number of ether oxygens (including phenoxy) is 1. The first-order chi connectivity index (χ1) is 19.9. The molecule has 1 aliphatic heterocycles. The molecule has 2 aliphatic rings. The van der Waals surface area contributed by atoms with Crippen molar-refractivity contribution < 1.29 is 9.26 Å². The maximum absolute atomic E-state index is 11.8. The average Bonchev–Trinajstić information content (AvgIpc) is 3.58. The van der Waals surface area contributed by atoms with Crippen LogP contribution in [0.3, 0.4) is 0 Å². The Balaban J connectivity index is 1.56. The van der Waals surface area contributed by atoms with Gasteiger partial charge in [-0.05, 0) is 50.0 Å². The maximum Gasteiger partial charge on any atom is 0.439 e. The number of morpholine rings is 1. The number of pyridine rings is 2. The van der Waals surface area contributed by atoms with E-state index < -0.39 is 5.76 Å². The molecule has 1 saturated heterocycles. The highest BCUT2D eigenvalue weighted by molar-refractivity contribution is 6.37. The van der Waals surface area contributed by atoms with Crippen LogP contribution in [0, 0.1) is 11.8 Å². The monoisotopic (exact) mass is 597 g/mol. The van der Waals surface area contributed by atoms with E-state index in [0.717, 1.165) is 69.6 Å². The number of aromatic amines is 1. The SMILES string of the molecule is C=CC1CCC(Cn2c(N3CCOC(CCC)C3)nc3c(Cl)c(-c4noc(=O)[nH]4)nc(-c4cncc(Cl)c4)c32)CC1. The first-order valence-corrected chi connectivity index (χ1v) is 15.0. The number of fused-ring (bicyclic) bond motifs is 1. The fraction of sp³-hybridized carbons (Fsp3) is 0.483. The summed E-state index contributed by atoms with van der Waals surface area (Å²) in [4.78, 5) is 31.1. The van der Waals surface area contributed by atoms with Gasteiger partial charge in [-0.1, -0.05) is 47.8 Å². The molecule has 0 bridgehead atoms. The Labute approximate surface area is 247 Å². The second kappa shape index (κ2) is 12.0. The minimum absolute atomic E-state index is 0.131. The largest absolute Gasteiger partial charge is 0.439 e. The van der Waals surface area contributed by atoms with Crippen molar-refractivity contribution in [2.24, 2.45) is 11.8 Å². The lowest BCUT2D eigenvalue weighted by molar-refractivity contribution is 0.0340. The molecule has 12 heteroatoms. The van der Waals surface area contributed by atoms with Crippen LogP contribution in [-0.4, -0.2) is 55.5 Å². The van der Waals surface area contributed by atoms with Gasteiger partial charge in [0.25, 0.3) is 0 Å². The standard InChI is InChI=1S/C29H33Cl2N7O3/c1-3-5-21-16-37(10-11-40-21)28-34-24-22(31)25(27-35-29(39)41-36-27)33-23(19-12-20(30)14-32-13-19)26(24)38(28)15-18-8-6-17(4-2)7-9-18/h4,12-14,17-18,21H,2-3,5-11,15-16H2,1H3,(H,35,36,39). The molecule has 0 aromatic carbocycles. The number of nitrogens with zero attached hydrogens (tertiary/aromatic N) is 6.